The van der Waals surface area contributed by atoms with Crippen molar-refractivity contribution in [2.45, 2.75) is 98.2 Å². The molecule has 1 aliphatic carbocycles. The first-order chi connectivity index (χ1) is 18.7. The number of nitrogens with two attached hydrogens (primary N) is 4. The number of carbonyl (C=O) groups is 1. The van der Waals surface area contributed by atoms with Crippen molar-refractivity contribution < 1.29 is 59.5 Å². The van der Waals surface area contributed by atoms with Crippen molar-refractivity contribution in [2.24, 2.45) is 32.9 Å². The van der Waals surface area contributed by atoms with E-state index in [1.807, 2.05) is 0 Å². The van der Waals surface area contributed by atoms with Crippen molar-refractivity contribution in [1.29, 1.82) is 0 Å². The van der Waals surface area contributed by atoms with E-state index in [2.05, 4.69) is 15.3 Å². The molecule has 3 rings (SSSR count). The zero-order chi connectivity index (χ0) is 30.1. The number of likely N-dealkylation sites (N-methyl/N-ethyl adjacent to an activating group) is 1. The predicted molar refractivity (Wildman–Crippen MR) is 133 cm³/mol. The van der Waals surface area contributed by atoms with E-state index >= 15 is 0 Å². The fourth-order valence-electron chi connectivity index (χ4n) is 5.08. The van der Waals surface area contributed by atoms with Crippen LogP contribution in [0.3, 0.4) is 0 Å². The van der Waals surface area contributed by atoms with Crippen LogP contribution in [0.25, 0.3) is 0 Å². The van der Waals surface area contributed by atoms with Crippen LogP contribution in [0, 0.1) is 0 Å². The SMILES string of the molecule is CN[C@H]1[C@@H](O[C@@H]2[C@@H](OC3[C@@H](N=C(N)N)[C@H](O)[C@@H](N=C(N)N)[C@H](O)[C@H]3O)O[C@H](C)[C@@]2(O)C=O)O[C@H](CO)[C@@H](O)[C@@H]1O. The highest BCUT2D eigenvalue weighted by atomic mass is 16.8. The fourth-order valence-corrected chi connectivity index (χ4v) is 5.08. The first-order valence-electron chi connectivity index (χ1n) is 12.4. The largest absolute Gasteiger partial charge is 0.394 e. The van der Waals surface area contributed by atoms with Crippen molar-refractivity contribution in [3.8, 4) is 0 Å². The van der Waals surface area contributed by atoms with E-state index in [4.69, 9.17) is 41.9 Å². The summed E-state index contributed by atoms with van der Waals surface area (Å²) in [5, 5.41) is 76.6. The van der Waals surface area contributed by atoms with Gasteiger partial charge in [0.1, 0.15) is 60.9 Å². The number of hydrogen-bond acceptors (Lipinski definition) is 15. The second-order valence-electron chi connectivity index (χ2n) is 9.89. The van der Waals surface area contributed by atoms with Gasteiger partial charge in [-0.1, -0.05) is 0 Å². The summed E-state index contributed by atoms with van der Waals surface area (Å²) in [4.78, 5) is 19.7. The van der Waals surface area contributed by atoms with Crippen LogP contribution < -0.4 is 28.3 Å². The molecule has 0 spiro atoms. The minimum Gasteiger partial charge on any atom is -0.394 e. The molecular formula is C21H39N7O12. The third-order valence-electron chi connectivity index (χ3n) is 7.34. The van der Waals surface area contributed by atoms with E-state index in [9.17, 15) is 40.5 Å². The summed E-state index contributed by atoms with van der Waals surface area (Å²) in [7, 11) is 1.42. The number of aliphatic imine (C=N–C) groups is 2. The number of nitrogens with one attached hydrogen (secondary N) is 1. The Morgan fingerprint density at radius 2 is 1.50 bits per heavy atom. The molecule has 1 unspecified atom stereocenters. The van der Waals surface area contributed by atoms with Crippen molar-refractivity contribution >= 4 is 18.2 Å². The Kier molecular flexibility index (Phi) is 10.2. The van der Waals surface area contributed by atoms with Crippen LogP contribution in [0.15, 0.2) is 9.98 Å². The van der Waals surface area contributed by atoms with Crippen molar-refractivity contribution in [3.05, 3.63) is 0 Å². The molecule has 0 aromatic heterocycles. The van der Waals surface area contributed by atoms with Gasteiger partial charge in [0.2, 0.25) is 0 Å². The number of ether oxygens (including phenoxy) is 4. The van der Waals surface area contributed by atoms with Crippen molar-refractivity contribution in [3.63, 3.8) is 0 Å². The number of nitrogens with zero attached hydrogens (tertiary/aromatic N) is 2. The second kappa shape index (κ2) is 12.7. The molecule has 0 bridgehead atoms. The Morgan fingerprint density at radius 3 is 2.02 bits per heavy atom. The maximum Gasteiger partial charge on any atom is 0.188 e. The van der Waals surface area contributed by atoms with Crippen LogP contribution in [-0.2, 0) is 23.7 Å². The standard InChI is InChI=1S/C21H39N7O12/c1-5-21(36,4-30)16(40-17-9(26-2)13(34)10(31)6(3-29)38-17)18(37-5)39-15-8(28-20(24)25)11(32)7(27-19(22)23)12(33)14(15)35/h4-18,26,29,31-36H,3H2,1-2H3,(H4,22,23,27)(H4,24,25,28)/t5-,6-,7-,8+,9-,10-,11-,12+,13-,14-,15?,16-,17-,18-,21+/m1/s1. The molecule has 2 aliphatic heterocycles. The van der Waals surface area contributed by atoms with Gasteiger partial charge in [-0.2, -0.15) is 0 Å². The van der Waals surface area contributed by atoms with Gasteiger partial charge in [0.25, 0.3) is 0 Å². The van der Waals surface area contributed by atoms with Gasteiger partial charge >= 0.3 is 0 Å². The third-order valence-corrected chi connectivity index (χ3v) is 7.34. The lowest BCUT2D eigenvalue weighted by Crippen LogP contribution is -2.66. The van der Waals surface area contributed by atoms with E-state index < -0.39 is 110 Å². The van der Waals surface area contributed by atoms with Crippen LogP contribution in [-0.4, -0.2) is 159 Å². The molecule has 3 fully saturated rings. The van der Waals surface area contributed by atoms with E-state index in [0.29, 0.717) is 0 Å². The van der Waals surface area contributed by atoms with Crippen LogP contribution in [0.2, 0.25) is 0 Å². The highest BCUT2D eigenvalue weighted by Crippen LogP contribution is 2.38. The van der Waals surface area contributed by atoms with Gasteiger partial charge in [0.05, 0.1) is 18.8 Å². The van der Waals surface area contributed by atoms with Gasteiger partial charge in [-0.25, -0.2) is 9.98 Å². The number of aliphatic hydroxyl groups is 7. The number of guanidine groups is 2. The summed E-state index contributed by atoms with van der Waals surface area (Å²) in [6.45, 7) is 0.620. The molecule has 1 saturated carbocycles. The van der Waals surface area contributed by atoms with Gasteiger partial charge in [-0.05, 0) is 14.0 Å². The number of rotatable bonds is 9. The van der Waals surface area contributed by atoms with Gasteiger partial charge in [-0.3, -0.25) is 4.79 Å². The quantitative estimate of drug-likeness (QED) is 0.0682. The molecule has 19 nitrogen and oxygen atoms in total. The van der Waals surface area contributed by atoms with E-state index in [0.717, 1.165) is 0 Å². The predicted octanol–water partition coefficient (Wildman–Crippen LogP) is -8.16. The maximum atomic E-state index is 12.1. The summed E-state index contributed by atoms with van der Waals surface area (Å²) in [5.41, 5.74) is 19.4. The van der Waals surface area contributed by atoms with Crippen LogP contribution in [0.1, 0.15) is 6.92 Å². The second-order valence-corrected chi connectivity index (χ2v) is 9.89. The average Bonchev–Trinajstić information content (AvgIpc) is 3.13. The van der Waals surface area contributed by atoms with Crippen LogP contribution in [0.5, 0.6) is 0 Å². The lowest BCUT2D eigenvalue weighted by atomic mass is 9.81. The Hall–Kier alpha value is -2.27. The molecule has 19 heteroatoms. The average molecular weight is 582 g/mol. The zero-order valence-electron chi connectivity index (χ0n) is 21.7. The minimum absolute atomic E-state index is 0.140. The zero-order valence-corrected chi connectivity index (χ0v) is 21.7. The lowest BCUT2D eigenvalue weighted by molar-refractivity contribution is -0.314. The first-order valence-corrected chi connectivity index (χ1v) is 12.4. The first kappa shape index (κ1) is 32.2. The topological polar surface area (TPSA) is 336 Å². The number of aliphatic hydroxyl groups excluding tert-OH is 6. The highest BCUT2D eigenvalue weighted by Gasteiger charge is 2.60. The highest BCUT2D eigenvalue weighted by molar-refractivity contribution is 5.76. The van der Waals surface area contributed by atoms with E-state index in [1.165, 1.54) is 14.0 Å². The summed E-state index contributed by atoms with van der Waals surface area (Å²) in [5.74, 6) is -1.03. The maximum absolute atomic E-state index is 12.1. The molecule has 16 N–H and O–H groups in total. The Labute approximate surface area is 228 Å². The molecule has 0 aromatic carbocycles. The molecule has 15 atom stereocenters. The van der Waals surface area contributed by atoms with E-state index in [1.54, 1.807) is 0 Å². The number of aldehydes is 1. The summed E-state index contributed by atoms with van der Waals surface area (Å²) >= 11 is 0. The minimum atomic E-state index is -2.38. The fraction of sp³-hybridized carbons (Fsp3) is 0.857. The molecule has 3 aliphatic rings. The third kappa shape index (κ3) is 6.00. The molecule has 0 aromatic rings. The molecule has 0 radical (unpaired) electrons. The molecule has 40 heavy (non-hydrogen) atoms. The molecule has 2 heterocycles. The number of hydrogen-bond donors (Lipinski definition) is 12. The van der Waals surface area contributed by atoms with Gasteiger partial charge < -0.3 is 82.9 Å². The van der Waals surface area contributed by atoms with Gasteiger partial charge in [-0.15, -0.1) is 0 Å². The van der Waals surface area contributed by atoms with Crippen LogP contribution in [0.4, 0.5) is 0 Å². The number of carbonyl (C=O) groups excluding carboxylic acids is 1. The normalized spacial score (nSPS) is 47.4. The van der Waals surface area contributed by atoms with Crippen LogP contribution >= 0.6 is 0 Å². The van der Waals surface area contributed by atoms with Crippen molar-refractivity contribution in [2.75, 3.05) is 13.7 Å². The summed E-state index contributed by atoms with van der Waals surface area (Å²) in [6.07, 6.45) is -17.3. The monoisotopic (exact) mass is 581 g/mol. The van der Waals surface area contributed by atoms with Crippen molar-refractivity contribution in [1.82, 2.24) is 5.32 Å². The Balaban J connectivity index is 1.96. The summed E-state index contributed by atoms with van der Waals surface area (Å²) in [6, 6.07) is -4.08. The van der Waals surface area contributed by atoms with E-state index in [-0.39, 0.29) is 6.29 Å². The molecule has 2 saturated heterocycles. The summed E-state index contributed by atoms with van der Waals surface area (Å²) < 4.78 is 22.9. The molecule has 0 amide bonds. The molecular weight excluding hydrogens is 542 g/mol. The Bertz CT molecular complexity index is 940. The van der Waals surface area contributed by atoms with Gasteiger partial charge in [0.15, 0.2) is 36.4 Å². The molecule has 230 valence electrons. The smallest absolute Gasteiger partial charge is 0.188 e. The Morgan fingerprint density at radius 1 is 0.900 bits per heavy atom. The van der Waals surface area contributed by atoms with Gasteiger partial charge in [0, 0.05) is 0 Å². The lowest BCUT2D eigenvalue weighted by Gasteiger charge is -2.45.